The molecule has 0 unspecified atom stereocenters. The van der Waals surface area contributed by atoms with Gasteiger partial charge in [0.1, 0.15) is 12.4 Å². The number of benzene rings is 2. The average Bonchev–Trinajstić information content (AvgIpc) is 2.93. The molecule has 1 fully saturated rings. The maximum absolute atomic E-state index is 12.3. The number of carbonyl (C=O) groups is 1. The van der Waals surface area contributed by atoms with Gasteiger partial charge in [-0.1, -0.05) is 58.4 Å². The summed E-state index contributed by atoms with van der Waals surface area (Å²) in [5, 5.41) is 13.1. The molecule has 0 saturated carbocycles. The van der Waals surface area contributed by atoms with Crippen molar-refractivity contribution in [1.29, 1.82) is 0 Å². The Morgan fingerprint density at radius 1 is 1.13 bits per heavy atom. The Balaban J connectivity index is 1.74. The molecule has 0 aromatic heterocycles. The summed E-state index contributed by atoms with van der Waals surface area (Å²) < 4.78 is 18.4. The molecule has 1 saturated heterocycles. The fourth-order valence-corrected chi connectivity index (χ4v) is 3.33. The fourth-order valence-electron chi connectivity index (χ4n) is 2.98. The molecule has 0 bridgehead atoms. The Hall–Kier alpha value is -2.29. The minimum Gasteiger partial charge on any atom is -0.507 e. The molecule has 0 aliphatic carbocycles. The first-order valence-corrected chi connectivity index (χ1v) is 10.9. The highest BCUT2D eigenvalue weighted by molar-refractivity contribution is 9.10. The van der Waals surface area contributed by atoms with Gasteiger partial charge in [-0.2, -0.15) is 0 Å². The van der Waals surface area contributed by atoms with Gasteiger partial charge in [0.2, 0.25) is 0 Å². The molecule has 0 atom stereocenters. The minimum absolute atomic E-state index is 0.107. The largest absolute Gasteiger partial charge is 0.507 e. The summed E-state index contributed by atoms with van der Waals surface area (Å²) in [5.41, 5.74) is 1.08. The molecule has 31 heavy (non-hydrogen) atoms. The van der Waals surface area contributed by atoms with Crippen molar-refractivity contribution in [2.75, 3.05) is 6.54 Å². The summed E-state index contributed by atoms with van der Waals surface area (Å²) in [5.74, 6) is 0.107. The first-order valence-electron chi connectivity index (χ1n) is 10.1. The third-order valence-electron chi connectivity index (χ3n) is 5.54. The Kier molecular flexibility index (Phi) is 7.14. The summed E-state index contributed by atoms with van der Waals surface area (Å²) in [6.45, 7) is 8.16. The van der Waals surface area contributed by atoms with Gasteiger partial charge in [0.15, 0.2) is 0 Å². The first-order chi connectivity index (χ1) is 14.6. The Morgan fingerprint density at radius 3 is 2.39 bits per heavy atom. The molecule has 8 heteroatoms. The molecule has 0 spiro atoms. The van der Waals surface area contributed by atoms with E-state index in [0.717, 1.165) is 10.0 Å². The zero-order valence-corrected chi connectivity index (χ0v) is 19.7. The lowest BCUT2D eigenvalue weighted by Crippen LogP contribution is -2.41. The maximum atomic E-state index is 12.3. The van der Waals surface area contributed by atoms with Gasteiger partial charge < -0.3 is 24.5 Å². The Bertz CT molecular complexity index is 946. The van der Waals surface area contributed by atoms with Crippen LogP contribution in [0.4, 0.5) is 4.79 Å². The number of alkyl carbamates (subject to hydrolysis) is 1. The van der Waals surface area contributed by atoms with Crippen LogP contribution in [0.25, 0.3) is 6.08 Å². The molecule has 6 nitrogen and oxygen atoms in total. The molecule has 1 aliphatic heterocycles. The zero-order chi connectivity index (χ0) is 22.6. The average molecular weight is 488 g/mol. The first kappa shape index (κ1) is 23.4. The molecule has 0 radical (unpaired) electrons. The lowest BCUT2D eigenvalue weighted by atomic mass is 9.77. The molecular formula is C23H27BBrNO5. The van der Waals surface area contributed by atoms with E-state index in [-0.39, 0.29) is 18.9 Å². The highest BCUT2D eigenvalue weighted by Crippen LogP contribution is 2.39. The van der Waals surface area contributed by atoms with Crippen LogP contribution in [0.3, 0.4) is 0 Å². The highest BCUT2D eigenvalue weighted by Gasteiger charge is 2.52. The van der Waals surface area contributed by atoms with Crippen LogP contribution in [0, 0.1) is 0 Å². The van der Waals surface area contributed by atoms with E-state index < -0.39 is 24.4 Å². The van der Waals surface area contributed by atoms with E-state index in [1.165, 1.54) is 0 Å². The fraction of sp³-hybridized carbons (Fsp3) is 0.348. The second kappa shape index (κ2) is 9.46. The van der Waals surface area contributed by atoms with E-state index in [1.54, 1.807) is 18.2 Å². The smallest absolute Gasteiger partial charge is 0.492 e. The van der Waals surface area contributed by atoms with E-state index in [2.05, 4.69) is 21.2 Å². The lowest BCUT2D eigenvalue weighted by Gasteiger charge is -2.32. The SMILES string of the molecule is CC1(C)OB(C(=Cc2ccc(Br)cc2O)CNC(=O)OCc2ccccc2)OC1(C)C. The predicted molar refractivity (Wildman–Crippen MR) is 124 cm³/mol. The molecule has 1 amide bonds. The number of amides is 1. The van der Waals surface area contributed by atoms with Crippen molar-refractivity contribution < 1.29 is 23.9 Å². The van der Waals surface area contributed by atoms with Gasteiger partial charge in [0, 0.05) is 16.6 Å². The van der Waals surface area contributed by atoms with Gasteiger partial charge in [0.05, 0.1) is 11.2 Å². The van der Waals surface area contributed by atoms with Gasteiger partial charge >= 0.3 is 13.2 Å². The van der Waals surface area contributed by atoms with Gasteiger partial charge in [-0.25, -0.2) is 4.79 Å². The van der Waals surface area contributed by atoms with Crippen LogP contribution in [-0.4, -0.2) is 36.1 Å². The number of halogens is 1. The number of aromatic hydroxyl groups is 1. The predicted octanol–water partition coefficient (Wildman–Crippen LogP) is 5.10. The highest BCUT2D eigenvalue weighted by atomic mass is 79.9. The number of phenols is 1. The van der Waals surface area contributed by atoms with Crippen molar-refractivity contribution in [3.8, 4) is 5.75 Å². The topological polar surface area (TPSA) is 77.0 Å². The molecule has 1 heterocycles. The second-order valence-corrected chi connectivity index (χ2v) is 9.34. The van der Waals surface area contributed by atoms with E-state index in [9.17, 15) is 9.90 Å². The molecular weight excluding hydrogens is 461 g/mol. The summed E-state index contributed by atoms with van der Waals surface area (Å²) in [6, 6.07) is 14.7. The zero-order valence-electron chi connectivity index (χ0n) is 18.1. The second-order valence-electron chi connectivity index (χ2n) is 8.43. The Morgan fingerprint density at radius 2 is 1.77 bits per heavy atom. The molecule has 2 aromatic carbocycles. The summed E-state index contributed by atoms with van der Waals surface area (Å²) in [6.07, 6.45) is 1.22. The van der Waals surface area contributed by atoms with Crippen LogP contribution in [-0.2, 0) is 20.7 Å². The summed E-state index contributed by atoms with van der Waals surface area (Å²) in [7, 11) is -0.678. The van der Waals surface area contributed by atoms with E-state index >= 15 is 0 Å². The van der Waals surface area contributed by atoms with Crippen molar-refractivity contribution in [3.05, 3.63) is 69.6 Å². The van der Waals surface area contributed by atoms with Crippen molar-refractivity contribution in [2.24, 2.45) is 0 Å². The number of hydrogen-bond acceptors (Lipinski definition) is 5. The lowest BCUT2D eigenvalue weighted by molar-refractivity contribution is 0.00578. The van der Waals surface area contributed by atoms with E-state index in [0.29, 0.717) is 11.0 Å². The monoisotopic (exact) mass is 487 g/mol. The number of hydrogen-bond donors (Lipinski definition) is 2. The van der Waals surface area contributed by atoms with Crippen LogP contribution >= 0.6 is 15.9 Å². The standard InChI is InChI=1S/C23H27BBrNO5/c1-22(2)23(3,4)31-24(30-22)18(12-17-10-11-19(25)13-20(17)27)14-26-21(28)29-15-16-8-6-5-7-9-16/h5-13,27H,14-15H2,1-4H3,(H,26,28). The Labute approximate surface area is 191 Å². The summed E-state index contributed by atoms with van der Waals surface area (Å²) >= 11 is 3.34. The van der Waals surface area contributed by atoms with Crippen molar-refractivity contribution >= 4 is 35.2 Å². The minimum atomic E-state index is -0.678. The van der Waals surface area contributed by atoms with Crippen LogP contribution in [0.15, 0.2) is 58.5 Å². The number of nitrogens with one attached hydrogen (secondary N) is 1. The van der Waals surface area contributed by atoms with Gasteiger partial charge in [0.25, 0.3) is 0 Å². The number of ether oxygens (including phenoxy) is 1. The van der Waals surface area contributed by atoms with E-state index in [4.69, 9.17) is 14.0 Å². The van der Waals surface area contributed by atoms with E-state index in [1.807, 2.05) is 64.1 Å². The van der Waals surface area contributed by atoms with Crippen LogP contribution in [0.1, 0.15) is 38.8 Å². The number of rotatable bonds is 6. The molecule has 2 aromatic rings. The quantitative estimate of drug-likeness (QED) is 0.554. The molecule has 1 aliphatic rings. The van der Waals surface area contributed by atoms with Gasteiger partial charge in [-0.05, 0) is 50.9 Å². The van der Waals surface area contributed by atoms with Crippen LogP contribution < -0.4 is 5.32 Å². The van der Waals surface area contributed by atoms with Crippen molar-refractivity contribution in [2.45, 2.75) is 45.5 Å². The van der Waals surface area contributed by atoms with Gasteiger partial charge in [-0.15, -0.1) is 0 Å². The number of phenolic OH excluding ortho intramolecular Hbond substituents is 1. The van der Waals surface area contributed by atoms with Crippen molar-refractivity contribution in [1.82, 2.24) is 5.32 Å². The maximum Gasteiger partial charge on any atom is 0.492 e. The summed E-state index contributed by atoms with van der Waals surface area (Å²) in [4.78, 5) is 12.3. The normalized spacial score (nSPS) is 17.5. The molecule has 3 rings (SSSR count). The third-order valence-corrected chi connectivity index (χ3v) is 6.03. The van der Waals surface area contributed by atoms with Crippen molar-refractivity contribution in [3.63, 3.8) is 0 Å². The molecule has 2 N–H and O–H groups in total. The van der Waals surface area contributed by atoms with Crippen LogP contribution in [0.2, 0.25) is 0 Å². The van der Waals surface area contributed by atoms with Crippen LogP contribution in [0.5, 0.6) is 5.75 Å². The van der Waals surface area contributed by atoms with Gasteiger partial charge in [-0.3, -0.25) is 0 Å². The number of carbonyl (C=O) groups excluding carboxylic acids is 1. The molecule has 164 valence electrons. The third kappa shape index (κ3) is 5.90.